The first-order valence-corrected chi connectivity index (χ1v) is 10.2. The van der Waals surface area contributed by atoms with Gasteiger partial charge in [0.15, 0.2) is 0 Å². The van der Waals surface area contributed by atoms with E-state index in [9.17, 15) is 18.0 Å². The molecule has 1 fully saturated rings. The van der Waals surface area contributed by atoms with Crippen molar-refractivity contribution in [1.29, 1.82) is 0 Å². The number of carbonyl (C=O) groups is 1. The van der Waals surface area contributed by atoms with Crippen LogP contribution in [0.1, 0.15) is 28.6 Å². The molecule has 0 bridgehead atoms. The van der Waals surface area contributed by atoms with Gasteiger partial charge in [-0.3, -0.25) is 9.69 Å². The fourth-order valence-electron chi connectivity index (χ4n) is 4.10. The van der Waals surface area contributed by atoms with Gasteiger partial charge in [0.25, 0.3) is 0 Å². The molecule has 6 nitrogen and oxygen atoms in total. The Bertz CT molecular complexity index is 1090. The second-order valence-corrected chi connectivity index (χ2v) is 7.69. The van der Waals surface area contributed by atoms with Gasteiger partial charge in [-0.25, -0.2) is 4.68 Å². The lowest BCUT2D eigenvalue weighted by atomic mass is 9.99. The minimum Gasteiger partial charge on any atom is -0.406 e. The van der Waals surface area contributed by atoms with Crippen molar-refractivity contribution in [2.45, 2.75) is 32.8 Å². The van der Waals surface area contributed by atoms with Crippen LogP contribution in [0.3, 0.4) is 0 Å². The molecule has 0 spiro atoms. The van der Waals surface area contributed by atoms with Crippen LogP contribution in [-0.2, 0) is 11.3 Å². The largest absolute Gasteiger partial charge is 0.573 e. The Kier molecular flexibility index (Phi) is 5.92. The molecule has 0 radical (unpaired) electrons. The average Bonchev–Trinajstić information content (AvgIpc) is 3.03. The molecule has 1 N–H and O–H groups in total. The normalized spacial score (nSPS) is 17.3. The number of benzene rings is 2. The number of hydrogen-bond donors (Lipinski definition) is 1. The van der Waals surface area contributed by atoms with Crippen LogP contribution in [0.4, 0.5) is 13.2 Å². The molecule has 1 atom stereocenters. The fraction of sp³-hybridized carbons (Fsp3) is 0.304. The van der Waals surface area contributed by atoms with E-state index in [0.717, 1.165) is 28.2 Å². The lowest BCUT2D eigenvalue weighted by molar-refractivity contribution is -0.274. The highest BCUT2D eigenvalue weighted by Gasteiger charge is 2.35. The summed E-state index contributed by atoms with van der Waals surface area (Å²) in [6.07, 6.45) is -4.73. The summed E-state index contributed by atoms with van der Waals surface area (Å²) in [6.45, 7) is 5.32. The van der Waals surface area contributed by atoms with Gasteiger partial charge in [0.2, 0.25) is 5.91 Å². The van der Waals surface area contributed by atoms with Gasteiger partial charge in [-0.15, -0.1) is 13.2 Å². The zero-order valence-electron chi connectivity index (χ0n) is 17.7. The molecule has 1 amide bonds. The Morgan fingerprint density at radius 1 is 1.09 bits per heavy atom. The number of ether oxygens (including phenoxy) is 1. The summed E-state index contributed by atoms with van der Waals surface area (Å²) in [5.41, 5.74) is 4.15. The maximum Gasteiger partial charge on any atom is 0.573 e. The zero-order chi connectivity index (χ0) is 22.9. The van der Waals surface area contributed by atoms with E-state index in [1.165, 1.54) is 12.1 Å². The van der Waals surface area contributed by atoms with Crippen LogP contribution in [0.2, 0.25) is 0 Å². The standard InChI is InChI=1S/C23H23F3N4O2/c1-15-20(16(2)30(28-15)18-6-4-3-5-7-18)21-22(31)27-12-13-29(21)14-17-8-10-19(11-9-17)32-23(24,25)26/h3-11,21H,12-14H2,1-2H3,(H,27,31)/t21-/m1/s1. The highest BCUT2D eigenvalue weighted by molar-refractivity contribution is 5.84. The Morgan fingerprint density at radius 2 is 1.78 bits per heavy atom. The quantitative estimate of drug-likeness (QED) is 0.645. The van der Waals surface area contributed by atoms with E-state index in [-0.39, 0.29) is 11.7 Å². The molecule has 2 aromatic carbocycles. The highest BCUT2D eigenvalue weighted by atomic mass is 19.4. The highest BCUT2D eigenvalue weighted by Crippen LogP contribution is 2.32. The molecule has 0 unspecified atom stereocenters. The van der Waals surface area contributed by atoms with Gasteiger partial charge < -0.3 is 10.1 Å². The van der Waals surface area contributed by atoms with Gasteiger partial charge >= 0.3 is 6.36 Å². The summed E-state index contributed by atoms with van der Waals surface area (Å²) < 4.78 is 43.0. The van der Waals surface area contributed by atoms with Crippen molar-refractivity contribution < 1.29 is 22.7 Å². The molecule has 1 aliphatic rings. The van der Waals surface area contributed by atoms with Crippen LogP contribution in [-0.4, -0.2) is 40.0 Å². The third-order valence-corrected chi connectivity index (χ3v) is 5.48. The summed E-state index contributed by atoms with van der Waals surface area (Å²) in [5, 5.41) is 7.59. The number of alkyl halides is 3. The van der Waals surface area contributed by atoms with Gasteiger partial charge in [-0.05, 0) is 43.7 Å². The molecule has 32 heavy (non-hydrogen) atoms. The average molecular weight is 444 g/mol. The van der Waals surface area contributed by atoms with Crippen LogP contribution in [0, 0.1) is 13.8 Å². The summed E-state index contributed by atoms with van der Waals surface area (Å²) >= 11 is 0. The van der Waals surface area contributed by atoms with Gasteiger partial charge in [0, 0.05) is 30.9 Å². The molecular formula is C23H23F3N4O2. The maximum atomic E-state index is 12.9. The van der Waals surface area contributed by atoms with Gasteiger partial charge in [0.05, 0.1) is 11.4 Å². The number of amides is 1. The minimum absolute atomic E-state index is 0.118. The molecule has 2 heterocycles. The van der Waals surface area contributed by atoms with E-state index in [1.54, 1.807) is 12.1 Å². The lowest BCUT2D eigenvalue weighted by Gasteiger charge is -2.35. The molecule has 0 aliphatic carbocycles. The number of hydrogen-bond acceptors (Lipinski definition) is 4. The molecule has 1 aromatic heterocycles. The van der Waals surface area contributed by atoms with Crippen molar-refractivity contribution in [2.75, 3.05) is 13.1 Å². The van der Waals surface area contributed by atoms with Crippen molar-refractivity contribution in [1.82, 2.24) is 20.0 Å². The van der Waals surface area contributed by atoms with Crippen molar-refractivity contribution in [2.24, 2.45) is 0 Å². The first kappa shape index (κ1) is 21.9. The summed E-state index contributed by atoms with van der Waals surface area (Å²) in [4.78, 5) is 14.9. The third kappa shape index (κ3) is 4.62. The predicted octanol–water partition coefficient (Wildman–Crippen LogP) is 4.06. The molecule has 3 aromatic rings. The van der Waals surface area contributed by atoms with Crippen LogP contribution in [0.5, 0.6) is 5.75 Å². The van der Waals surface area contributed by atoms with E-state index < -0.39 is 12.4 Å². The van der Waals surface area contributed by atoms with Crippen molar-refractivity contribution in [3.63, 3.8) is 0 Å². The number of rotatable bonds is 5. The maximum absolute atomic E-state index is 12.9. The van der Waals surface area contributed by atoms with E-state index in [4.69, 9.17) is 0 Å². The number of para-hydroxylation sites is 1. The number of nitrogens with one attached hydrogen (secondary N) is 1. The monoisotopic (exact) mass is 444 g/mol. The first-order valence-electron chi connectivity index (χ1n) is 10.2. The van der Waals surface area contributed by atoms with Crippen molar-refractivity contribution >= 4 is 5.91 Å². The van der Waals surface area contributed by atoms with Crippen molar-refractivity contribution in [3.05, 3.63) is 77.1 Å². The third-order valence-electron chi connectivity index (χ3n) is 5.48. The summed E-state index contributed by atoms with van der Waals surface area (Å²) in [7, 11) is 0. The number of nitrogens with zero attached hydrogens (tertiary/aromatic N) is 3. The Labute approximate surface area is 183 Å². The van der Waals surface area contributed by atoms with E-state index in [2.05, 4.69) is 15.2 Å². The number of aromatic nitrogens is 2. The zero-order valence-corrected chi connectivity index (χ0v) is 17.7. The number of piperazine rings is 1. The second kappa shape index (κ2) is 8.66. The van der Waals surface area contributed by atoms with Gasteiger partial charge in [0.1, 0.15) is 11.8 Å². The van der Waals surface area contributed by atoms with Crippen molar-refractivity contribution in [3.8, 4) is 11.4 Å². The number of aryl methyl sites for hydroxylation is 1. The van der Waals surface area contributed by atoms with E-state index in [0.29, 0.717) is 19.6 Å². The number of halogens is 3. The molecule has 9 heteroatoms. The van der Waals surface area contributed by atoms with Crippen LogP contribution in [0.15, 0.2) is 54.6 Å². The van der Waals surface area contributed by atoms with Crippen LogP contribution >= 0.6 is 0 Å². The Hall–Kier alpha value is -3.33. The van der Waals surface area contributed by atoms with E-state index in [1.807, 2.05) is 53.8 Å². The number of carbonyl (C=O) groups excluding carboxylic acids is 1. The van der Waals surface area contributed by atoms with Crippen LogP contribution in [0.25, 0.3) is 5.69 Å². The minimum atomic E-state index is -4.73. The first-order chi connectivity index (χ1) is 15.2. The molecule has 1 saturated heterocycles. The molecule has 0 saturated carbocycles. The lowest BCUT2D eigenvalue weighted by Crippen LogP contribution is -2.49. The molecule has 4 rings (SSSR count). The molecule has 1 aliphatic heterocycles. The Morgan fingerprint density at radius 3 is 2.44 bits per heavy atom. The van der Waals surface area contributed by atoms with Gasteiger partial charge in [-0.2, -0.15) is 5.10 Å². The fourth-order valence-corrected chi connectivity index (χ4v) is 4.10. The van der Waals surface area contributed by atoms with Crippen LogP contribution < -0.4 is 10.1 Å². The summed E-state index contributed by atoms with van der Waals surface area (Å²) in [5.74, 6) is -0.392. The molecular weight excluding hydrogens is 421 g/mol. The Balaban J connectivity index is 1.62. The van der Waals surface area contributed by atoms with Gasteiger partial charge in [-0.1, -0.05) is 30.3 Å². The topological polar surface area (TPSA) is 59.4 Å². The van der Waals surface area contributed by atoms with E-state index >= 15 is 0 Å². The SMILES string of the molecule is Cc1nn(-c2ccccc2)c(C)c1[C@@H]1C(=O)NCCN1Cc1ccc(OC(F)(F)F)cc1. The molecule has 168 valence electrons. The second-order valence-electron chi connectivity index (χ2n) is 7.69. The predicted molar refractivity (Wildman–Crippen MR) is 112 cm³/mol. The smallest absolute Gasteiger partial charge is 0.406 e. The summed E-state index contributed by atoms with van der Waals surface area (Å²) in [6, 6.07) is 14.9.